The molecule has 118 valence electrons. The molecule has 1 atom stereocenters. The molecule has 23 heavy (non-hydrogen) atoms. The summed E-state index contributed by atoms with van der Waals surface area (Å²) in [4.78, 5) is 0. The van der Waals surface area contributed by atoms with Gasteiger partial charge in [0.15, 0.2) is 0 Å². The van der Waals surface area contributed by atoms with Crippen LogP contribution in [0.2, 0.25) is 0 Å². The van der Waals surface area contributed by atoms with Crippen LogP contribution in [0.3, 0.4) is 0 Å². The molecular formula is C20H22N2O. The van der Waals surface area contributed by atoms with E-state index in [-0.39, 0.29) is 0 Å². The molecule has 1 aromatic carbocycles. The Labute approximate surface area is 137 Å². The summed E-state index contributed by atoms with van der Waals surface area (Å²) in [7, 11) is 0. The number of hydrogen-bond acceptors (Lipinski definition) is 2. The molecule has 1 aliphatic carbocycles. The molecule has 1 aromatic heterocycles. The Bertz CT molecular complexity index is 727. The Morgan fingerprint density at radius 2 is 2.13 bits per heavy atom. The highest BCUT2D eigenvalue weighted by Gasteiger charge is 2.18. The summed E-state index contributed by atoms with van der Waals surface area (Å²) in [6.07, 6.45) is 10.5. The number of nitrogens with zero attached hydrogens (tertiary/aromatic N) is 2. The molecule has 2 aliphatic rings. The molecular weight excluding hydrogens is 284 g/mol. The number of ether oxygens (including phenoxy) is 1. The molecule has 4 rings (SSSR count). The fraction of sp³-hybridized carbons (Fsp3) is 0.450. The maximum absolute atomic E-state index is 5.80. The minimum atomic E-state index is 0.312. The van der Waals surface area contributed by atoms with E-state index in [1.807, 2.05) is 10.9 Å². The fourth-order valence-electron chi connectivity index (χ4n) is 2.96. The molecule has 1 unspecified atom stereocenters. The second-order valence-corrected chi connectivity index (χ2v) is 6.56. The van der Waals surface area contributed by atoms with Crippen LogP contribution in [0.5, 0.6) is 0 Å². The molecule has 0 N–H and O–H groups in total. The molecule has 0 spiro atoms. The van der Waals surface area contributed by atoms with Gasteiger partial charge in [-0.2, -0.15) is 5.10 Å². The van der Waals surface area contributed by atoms with Gasteiger partial charge in [0.1, 0.15) is 0 Å². The van der Waals surface area contributed by atoms with Crippen LogP contribution in [0.1, 0.15) is 37.7 Å². The van der Waals surface area contributed by atoms with Gasteiger partial charge in [0.25, 0.3) is 0 Å². The van der Waals surface area contributed by atoms with Gasteiger partial charge in [-0.15, -0.1) is 0 Å². The molecule has 1 saturated heterocycles. The van der Waals surface area contributed by atoms with E-state index < -0.39 is 0 Å². The van der Waals surface area contributed by atoms with Gasteiger partial charge in [0.2, 0.25) is 0 Å². The molecule has 0 radical (unpaired) electrons. The minimum Gasteiger partial charge on any atom is -0.376 e. The summed E-state index contributed by atoms with van der Waals surface area (Å²) in [5.74, 6) is 7.25. The lowest BCUT2D eigenvalue weighted by Gasteiger charge is -2.22. The topological polar surface area (TPSA) is 27.1 Å². The first-order valence-corrected chi connectivity index (χ1v) is 8.63. The summed E-state index contributed by atoms with van der Waals surface area (Å²) in [5, 5.41) is 4.50. The van der Waals surface area contributed by atoms with E-state index >= 15 is 0 Å². The lowest BCUT2D eigenvalue weighted by Crippen LogP contribution is -2.24. The van der Waals surface area contributed by atoms with Crippen LogP contribution >= 0.6 is 0 Å². The third-order valence-corrected chi connectivity index (χ3v) is 4.49. The zero-order valence-electron chi connectivity index (χ0n) is 13.4. The number of aromatic nitrogens is 2. The highest BCUT2D eigenvalue weighted by molar-refractivity contribution is 5.64. The summed E-state index contributed by atoms with van der Waals surface area (Å²) in [6, 6.07) is 8.45. The Balaban J connectivity index is 1.47. The maximum Gasteiger partial charge on any atom is 0.0770 e. The summed E-state index contributed by atoms with van der Waals surface area (Å²) >= 11 is 0. The number of benzene rings is 1. The van der Waals surface area contributed by atoms with Crippen LogP contribution in [-0.4, -0.2) is 22.5 Å². The Kier molecular flexibility index (Phi) is 4.17. The predicted octanol–water partition coefficient (Wildman–Crippen LogP) is 3.88. The van der Waals surface area contributed by atoms with E-state index in [4.69, 9.17) is 4.74 Å². The van der Waals surface area contributed by atoms with E-state index in [1.54, 1.807) is 0 Å². The van der Waals surface area contributed by atoms with Gasteiger partial charge in [0.05, 0.1) is 18.8 Å². The summed E-state index contributed by atoms with van der Waals surface area (Å²) < 4.78 is 7.80. The van der Waals surface area contributed by atoms with Gasteiger partial charge >= 0.3 is 0 Å². The van der Waals surface area contributed by atoms with Gasteiger partial charge in [0, 0.05) is 29.8 Å². The molecule has 1 saturated carbocycles. The average Bonchev–Trinajstić information content (AvgIpc) is 3.32. The van der Waals surface area contributed by atoms with Crippen molar-refractivity contribution < 1.29 is 4.74 Å². The van der Waals surface area contributed by atoms with Crippen LogP contribution in [0.4, 0.5) is 0 Å². The van der Waals surface area contributed by atoms with Crippen molar-refractivity contribution in [3.63, 3.8) is 0 Å². The van der Waals surface area contributed by atoms with Crippen molar-refractivity contribution in [2.24, 2.45) is 5.92 Å². The standard InChI is InChI=1S/C20H22N2O/c1-2-11-23-20(6-1)15-22-14-19(13-21-22)18-5-3-4-17(12-18)10-9-16-7-8-16/h3-5,12-14,16,20H,1-2,6-8,11,15H2. The van der Waals surface area contributed by atoms with E-state index in [0.717, 1.165) is 30.7 Å². The lowest BCUT2D eigenvalue weighted by molar-refractivity contribution is 0.00400. The fourth-order valence-corrected chi connectivity index (χ4v) is 2.96. The van der Waals surface area contributed by atoms with Crippen molar-refractivity contribution in [2.45, 2.75) is 44.8 Å². The Morgan fingerprint density at radius 1 is 1.17 bits per heavy atom. The molecule has 1 aliphatic heterocycles. The molecule has 0 amide bonds. The number of rotatable bonds is 3. The zero-order valence-corrected chi connectivity index (χ0v) is 13.4. The highest BCUT2D eigenvalue weighted by Crippen LogP contribution is 2.28. The zero-order chi connectivity index (χ0) is 15.5. The third kappa shape index (κ3) is 3.83. The van der Waals surface area contributed by atoms with E-state index in [9.17, 15) is 0 Å². The average molecular weight is 306 g/mol. The monoisotopic (exact) mass is 306 g/mol. The Hall–Kier alpha value is -2.05. The maximum atomic E-state index is 5.80. The van der Waals surface area contributed by atoms with E-state index in [0.29, 0.717) is 12.0 Å². The third-order valence-electron chi connectivity index (χ3n) is 4.49. The van der Waals surface area contributed by atoms with Crippen molar-refractivity contribution in [2.75, 3.05) is 6.61 Å². The first-order chi connectivity index (χ1) is 11.4. The predicted molar refractivity (Wildman–Crippen MR) is 90.9 cm³/mol. The summed E-state index contributed by atoms with van der Waals surface area (Å²) in [5.41, 5.74) is 3.43. The molecule has 2 aromatic rings. The normalized spacial score (nSPS) is 20.8. The van der Waals surface area contributed by atoms with Crippen LogP contribution in [0.15, 0.2) is 36.7 Å². The van der Waals surface area contributed by atoms with Gasteiger partial charge < -0.3 is 4.74 Å². The van der Waals surface area contributed by atoms with Crippen LogP contribution in [0.25, 0.3) is 11.1 Å². The van der Waals surface area contributed by atoms with Gasteiger partial charge in [-0.3, -0.25) is 4.68 Å². The SMILES string of the molecule is C(#CC1CC1)c1cccc(-c2cnn(CC3CCCCO3)c2)c1. The first kappa shape index (κ1) is 14.5. The Morgan fingerprint density at radius 3 is 2.96 bits per heavy atom. The molecule has 0 bridgehead atoms. The van der Waals surface area contributed by atoms with Crippen LogP contribution in [0, 0.1) is 17.8 Å². The van der Waals surface area contributed by atoms with Crippen molar-refractivity contribution in [1.29, 1.82) is 0 Å². The van der Waals surface area contributed by atoms with Gasteiger partial charge in [-0.1, -0.05) is 24.0 Å². The second kappa shape index (κ2) is 6.60. The first-order valence-electron chi connectivity index (χ1n) is 8.63. The summed E-state index contributed by atoms with van der Waals surface area (Å²) in [6.45, 7) is 1.74. The molecule has 3 nitrogen and oxygen atoms in total. The molecule has 2 heterocycles. The van der Waals surface area contributed by atoms with Crippen molar-refractivity contribution >= 4 is 0 Å². The number of hydrogen-bond donors (Lipinski definition) is 0. The smallest absolute Gasteiger partial charge is 0.0770 e. The van der Waals surface area contributed by atoms with Gasteiger partial charge in [-0.05, 0) is 49.8 Å². The highest BCUT2D eigenvalue weighted by atomic mass is 16.5. The molecule has 2 fully saturated rings. The van der Waals surface area contributed by atoms with Crippen LogP contribution in [-0.2, 0) is 11.3 Å². The second-order valence-electron chi connectivity index (χ2n) is 6.56. The van der Waals surface area contributed by atoms with Crippen LogP contribution < -0.4 is 0 Å². The van der Waals surface area contributed by atoms with Crippen molar-refractivity contribution in [3.05, 3.63) is 42.2 Å². The quantitative estimate of drug-likeness (QED) is 0.805. The minimum absolute atomic E-state index is 0.312. The van der Waals surface area contributed by atoms with Gasteiger partial charge in [-0.25, -0.2) is 0 Å². The lowest BCUT2D eigenvalue weighted by atomic mass is 10.1. The van der Waals surface area contributed by atoms with Crippen molar-refractivity contribution in [1.82, 2.24) is 9.78 Å². The van der Waals surface area contributed by atoms with E-state index in [1.165, 1.54) is 31.2 Å². The van der Waals surface area contributed by atoms with E-state index in [2.05, 4.69) is 47.4 Å². The van der Waals surface area contributed by atoms with Crippen molar-refractivity contribution in [3.8, 4) is 23.0 Å². The largest absolute Gasteiger partial charge is 0.376 e. The molecule has 3 heteroatoms.